The number of benzene rings is 2. The van der Waals surface area contributed by atoms with E-state index in [1.165, 1.54) is 18.5 Å². The number of aromatic amines is 1. The van der Waals surface area contributed by atoms with Crippen LogP contribution >= 0.6 is 11.6 Å². The highest BCUT2D eigenvalue weighted by atomic mass is 35.5. The number of anilines is 1. The molecule has 5 aromatic rings. The van der Waals surface area contributed by atoms with Gasteiger partial charge in [-0.05, 0) is 31.2 Å². The van der Waals surface area contributed by atoms with Gasteiger partial charge in [-0.25, -0.2) is 29.3 Å². The second-order valence-corrected chi connectivity index (χ2v) is 7.17. The molecule has 2 N–H and O–H groups in total. The number of nitrogens with zero attached hydrogens (tertiary/aromatic N) is 5. The van der Waals surface area contributed by atoms with E-state index in [-0.39, 0.29) is 11.9 Å². The van der Waals surface area contributed by atoms with E-state index in [0.717, 1.165) is 0 Å². The highest BCUT2D eigenvalue weighted by molar-refractivity contribution is 6.34. The van der Waals surface area contributed by atoms with Gasteiger partial charge in [-0.15, -0.1) is 0 Å². The zero-order chi connectivity index (χ0) is 20.7. The van der Waals surface area contributed by atoms with E-state index < -0.39 is 0 Å². The third-order valence-electron chi connectivity index (χ3n) is 4.75. The summed E-state index contributed by atoms with van der Waals surface area (Å²) in [6.45, 7) is 1.93. The van der Waals surface area contributed by atoms with Gasteiger partial charge in [0.15, 0.2) is 11.5 Å². The van der Waals surface area contributed by atoms with Crippen molar-refractivity contribution in [3.05, 3.63) is 71.7 Å². The lowest BCUT2D eigenvalue weighted by molar-refractivity contribution is 0.628. The van der Waals surface area contributed by atoms with Gasteiger partial charge in [0.1, 0.15) is 23.2 Å². The summed E-state index contributed by atoms with van der Waals surface area (Å²) >= 11 is 6.34. The van der Waals surface area contributed by atoms with Crippen molar-refractivity contribution in [1.29, 1.82) is 0 Å². The van der Waals surface area contributed by atoms with Crippen LogP contribution in [0.15, 0.2) is 55.1 Å². The minimum atomic E-state index is -0.353. The van der Waals surface area contributed by atoms with Crippen molar-refractivity contribution in [2.45, 2.75) is 13.0 Å². The molecule has 0 aliphatic carbocycles. The molecule has 7 nitrogen and oxygen atoms in total. The largest absolute Gasteiger partial charge is 0.360 e. The van der Waals surface area contributed by atoms with E-state index in [0.29, 0.717) is 50.0 Å². The molecule has 0 aliphatic heterocycles. The van der Waals surface area contributed by atoms with Gasteiger partial charge in [0.05, 0.1) is 34.3 Å². The normalized spacial score (nSPS) is 12.4. The summed E-state index contributed by atoms with van der Waals surface area (Å²) in [7, 11) is 0. The number of aromatic nitrogens is 6. The van der Waals surface area contributed by atoms with Crippen LogP contribution in [0.2, 0.25) is 5.02 Å². The predicted molar refractivity (Wildman–Crippen MR) is 114 cm³/mol. The highest BCUT2D eigenvalue weighted by Gasteiger charge is 2.20. The first-order chi connectivity index (χ1) is 14.6. The van der Waals surface area contributed by atoms with Crippen molar-refractivity contribution in [2.75, 3.05) is 5.32 Å². The van der Waals surface area contributed by atoms with E-state index in [2.05, 4.69) is 25.3 Å². The van der Waals surface area contributed by atoms with E-state index >= 15 is 0 Å². The van der Waals surface area contributed by atoms with Crippen LogP contribution in [0.25, 0.3) is 33.5 Å². The second kappa shape index (κ2) is 7.31. The minimum absolute atomic E-state index is 0.311. The van der Waals surface area contributed by atoms with Crippen molar-refractivity contribution in [3.63, 3.8) is 0 Å². The quantitative estimate of drug-likeness (QED) is 0.429. The lowest BCUT2D eigenvalue weighted by Gasteiger charge is -2.18. The van der Waals surface area contributed by atoms with E-state index in [4.69, 9.17) is 21.6 Å². The molecular formula is C21H15ClFN7. The van der Waals surface area contributed by atoms with Crippen molar-refractivity contribution < 1.29 is 4.39 Å². The van der Waals surface area contributed by atoms with Crippen molar-refractivity contribution >= 4 is 39.6 Å². The Labute approximate surface area is 175 Å². The van der Waals surface area contributed by atoms with Crippen LogP contribution in [0.1, 0.15) is 18.7 Å². The first-order valence-corrected chi connectivity index (χ1v) is 9.60. The molecule has 0 bridgehead atoms. The Morgan fingerprint density at radius 1 is 1.03 bits per heavy atom. The Hall–Kier alpha value is -3.65. The Bertz CT molecular complexity index is 1380. The van der Waals surface area contributed by atoms with Gasteiger partial charge in [0, 0.05) is 5.56 Å². The Morgan fingerprint density at radius 2 is 1.90 bits per heavy atom. The van der Waals surface area contributed by atoms with Crippen molar-refractivity contribution in [3.8, 4) is 11.3 Å². The Balaban J connectivity index is 1.66. The fourth-order valence-electron chi connectivity index (χ4n) is 3.35. The molecule has 0 spiro atoms. The molecule has 3 heterocycles. The van der Waals surface area contributed by atoms with Crippen LogP contribution in [-0.2, 0) is 0 Å². The molecule has 0 radical (unpaired) electrons. The maximum atomic E-state index is 13.9. The number of hydrogen-bond donors (Lipinski definition) is 2. The van der Waals surface area contributed by atoms with Crippen LogP contribution in [0, 0.1) is 5.82 Å². The van der Waals surface area contributed by atoms with Crippen LogP contribution < -0.4 is 5.32 Å². The van der Waals surface area contributed by atoms with Crippen LogP contribution in [-0.4, -0.2) is 29.9 Å². The number of para-hydroxylation sites is 1. The predicted octanol–water partition coefficient (Wildman–Crippen LogP) is 4.93. The molecule has 1 atom stereocenters. The summed E-state index contributed by atoms with van der Waals surface area (Å²) in [5, 5.41) is 3.81. The van der Waals surface area contributed by atoms with Crippen LogP contribution in [0.4, 0.5) is 10.2 Å². The third-order valence-corrected chi connectivity index (χ3v) is 5.06. The maximum absolute atomic E-state index is 13.9. The summed E-state index contributed by atoms with van der Waals surface area (Å²) in [6.07, 6.45) is 3.01. The number of hydrogen-bond acceptors (Lipinski definition) is 6. The average molecular weight is 420 g/mol. The van der Waals surface area contributed by atoms with Gasteiger partial charge in [0.25, 0.3) is 0 Å². The fourth-order valence-corrected chi connectivity index (χ4v) is 3.56. The fraction of sp³-hybridized carbons (Fsp3) is 0.0952. The van der Waals surface area contributed by atoms with Gasteiger partial charge >= 0.3 is 0 Å². The number of rotatable bonds is 4. The zero-order valence-electron chi connectivity index (χ0n) is 15.8. The average Bonchev–Trinajstić information content (AvgIpc) is 3.23. The van der Waals surface area contributed by atoms with Crippen molar-refractivity contribution in [2.24, 2.45) is 0 Å². The standard InChI is InChI=1S/C21H15ClFN7/c1-11(28-21-19-20(25-9-24-19)26-10-27-21)16-17(12-4-2-5-13(23)8-12)30-18-14(22)6-3-7-15(18)29-16/h2-11H,1H3,(H2,24,25,26,27,28). The third kappa shape index (κ3) is 3.21. The zero-order valence-corrected chi connectivity index (χ0v) is 16.5. The first-order valence-electron chi connectivity index (χ1n) is 9.23. The van der Waals surface area contributed by atoms with Gasteiger partial charge in [-0.1, -0.05) is 29.8 Å². The maximum Gasteiger partial charge on any atom is 0.162 e. The van der Waals surface area contributed by atoms with E-state index in [1.807, 2.05) is 19.1 Å². The number of nitrogens with one attached hydrogen (secondary N) is 2. The topological polar surface area (TPSA) is 92.3 Å². The summed E-state index contributed by atoms with van der Waals surface area (Å²) < 4.78 is 13.9. The number of fused-ring (bicyclic) bond motifs is 2. The van der Waals surface area contributed by atoms with Gasteiger partial charge in [0.2, 0.25) is 0 Å². The first kappa shape index (κ1) is 18.4. The Kier molecular flexibility index (Phi) is 4.48. The molecule has 2 aromatic carbocycles. The highest BCUT2D eigenvalue weighted by Crippen LogP contribution is 2.32. The lowest BCUT2D eigenvalue weighted by Crippen LogP contribution is -2.13. The molecule has 30 heavy (non-hydrogen) atoms. The minimum Gasteiger partial charge on any atom is -0.360 e. The number of halogens is 2. The second-order valence-electron chi connectivity index (χ2n) is 6.76. The van der Waals surface area contributed by atoms with E-state index in [9.17, 15) is 4.39 Å². The smallest absolute Gasteiger partial charge is 0.162 e. The molecular weight excluding hydrogens is 405 g/mol. The molecule has 9 heteroatoms. The van der Waals surface area contributed by atoms with Gasteiger partial charge in [-0.3, -0.25) is 0 Å². The number of H-pyrrole nitrogens is 1. The van der Waals surface area contributed by atoms with Gasteiger partial charge < -0.3 is 10.3 Å². The monoisotopic (exact) mass is 419 g/mol. The molecule has 0 saturated carbocycles. The van der Waals surface area contributed by atoms with Crippen LogP contribution in [0.5, 0.6) is 0 Å². The van der Waals surface area contributed by atoms with Crippen molar-refractivity contribution in [1.82, 2.24) is 29.9 Å². The molecule has 0 amide bonds. The Morgan fingerprint density at radius 3 is 2.77 bits per heavy atom. The number of imidazole rings is 1. The molecule has 3 aromatic heterocycles. The van der Waals surface area contributed by atoms with Gasteiger partial charge in [-0.2, -0.15) is 0 Å². The molecule has 5 rings (SSSR count). The molecule has 148 valence electrons. The summed E-state index contributed by atoms with van der Waals surface area (Å²) in [4.78, 5) is 25.2. The summed E-state index contributed by atoms with van der Waals surface area (Å²) in [6, 6.07) is 11.4. The summed E-state index contributed by atoms with van der Waals surface area (Å²) in [5.41, 5.74) is 4.25. The van der Waals surface area contributed by atoms with Crippen LogP contribution in [0.3, 0.4) is 0 Å². The molecule has 0 aliphatic rings. The SMILES string of the molecule is CC(Nc1ncnc2[nH]cnc12)c1nc2cccc(Cl)c2nc1-c1cccc(F)c1. The lowest BCUT2D eigenvalue weighted by atomic mass is 10.0. The molecule has 1 unspecified atom stereocenters. The summed E-state index contributed by atoms with van der Waals surface area (Å²) in [5.74, 6) is 0.209. The molecule has 0 saturated heterocycles. The van der Waals surface area contributed by atoms with E-state index in [1.54, 1.807) is 24.5 Å². The molecule has 0 fully saturated rings.